The summed E-state index contributed by atoms with van der Waals surface area (Å²) in [6, 6.07) is 12.3. The van der Waals surface area contributed by atoms with Crippen LogP contribution in [0.1, 0.15) is 18.1 Å². The van der Waals surface area contributed by atoms with E-state index >= 15 is 0 Å². The molecule has 0 saturated carbocycles. The molecule has 0 aromatic heterocycles. The van der Waals surface area contributed by atoms with Gasteiger partial charge in [0, 0.05) is 12.2 Å². The lowest BCUT2D eigenvalue weighted by Gasteiger charge is -2.20. The molecule has 26 heavy (non-hydrogen) atoms. The van der Waals surface area contributed by atoms with Crippen molar-refractivity contribution < 1.29 is 13.2 Å². The third kappa shape index (κ3) is 5.71. The highest BCUT2D eigenvalue weighted by Crippen LogP contribution is 2.23. The van der Waals surface area contributed by atoms with Gasteiger partial charge in [-0.1, -0.05) is 54.4 Å². The highest BCUT2D eigenvalue weighted by atomic mass is 35.5. The topological polar surface area (TPSA) is 66.5 Å². The van der Waals surface area contributed by atoms with Crippen LogP contribution in [0, 0.1) is 0 Å². The Bertz CT molecular complexity index is 901. The summed E-state index contributed by atoms with van der Waals surface area (Å²) in [5, 5.41) is 3.49. The van der Waals surface area contributed by atoms with Gasteiger partial charge in [0.1, 0.15) is 0 Å². The maximum Gasteiger partial charge on any atom is 0.239 e. The first-order valence-electron chi connectivity index (χ1n) is 7.97. The van der Waals surface area contributed by atoms with Crippen LogP contribution in [-0.4, -0.2) is 31.4 Å². The Balaban J connectivity index is 2.15. The van der Waals surface area contributed by atoms with Crippen molar-refractivity contribution in [2.45, 2.75) is 19.9 Å². The summed E-state index contributed by atoms with van der Waals surface area (Å²) >= 11 is 11.9. The number of para-hydroxylation sites is 1. The van der Waals surface area contributed by atoms with Crippen LogP contribution >= 0.6 is 23.2 Å². The fourth-order valence-corrected chi connectivity index (χ4v) is 3.49. The molecule has 0 aliphatic rings. The van der Waals surface area contributed by atoms with Crippen LogP contribution in [0.4, 0.5) is 5.69 Å². The van der Waals surface area contributed by atoms with E-state index in [1.807, 2.05) is 25.1 Å². The van der Waals surface area contributed by atoms with Crippen LogP contribution < -0.4 is 5.32 Å². The zero-order valence-electron chi connectivity index (χ0n) is 14.5. The Labute approximate surface area is 164 Å². The predicted octanol–water partition coefficient (Wildman–Crippen LogP) is 3.96. The summed E-state index contributed by atoms with van der Waals surface area (Å²) in [5.74, 6) is -0.406. The number of amides is 1. The van der Waals surface area contributed by atoms with E-state index in [4.69, 9.17) is 23.2 Å². The summed E-state index contributed by atoms with van der Waals surface area (Å²) in [6.07, 6.45) is 1.83. The Morgan fingerprint density at radius 1 is 1.12 bits per heavy atom. The van der Waals surface area contributed by atoms with Gasteiger partial charge in [0.05, 0.1) is 22.8 Å². The number of sulfonamides is 1. The normalized spacial score (nSPS) is 11.6. The van der Waals surface area contributed by atoms with E-state index in [2.05, 4.69) is 5.32 Å². The largest absolute Gasteiger partial charge is 0.325 e. The molecule has 0 atom stereocenters. The molecule has 0 fully saturated rings. The van der Waals surface area contributed by atoms with Gasteiger partial charge >= 0.3 is 0 Å². The Morgan fingerprint density at radius 2 is 1.81 bits per heavy atom. The number of carbonyl (C=O) groups excluding carboxylic acids is 1. The first kappa shape index (κ1) is 20.7. The van der Waals surface area contributed by atoms with E-state index in [9.17, 15) is 13.2 Å². The Kier molecular flexibility index (Phi) is 7.06. The molecule has 0 heterocycles. The van der Waals surface area contributed by atoms with Crippen LogP contribution in [-0.2, 0) is 27.8 Å². The number of rotatable bonds is 7. The number of nitrogens with zero attached hydrogens (tertiary/aromatic N) is 1. The molecule has 2 aromatic rings. The summed E-state index contributed by atoms with van der Waals surface area (Å²) in [5.41, 5.74) is 2.31. The molecule has 0 unspecified atom stereocenters. The Morgan fingerprint density at radius 3 is 2.42 bits per heavy atom. The standard InChI is InChI=1S/C18H20Cl2N2O3S/c1-3-14-6-4-5-7-17(14)21-18(23)12-22(26(2,24)25)11-13-8-9-15(19)16(20)10-13/h4-10H,3,11-12H2,1-2H3,(H,21,23). The minimum Gasteiger partial charge on any atom is -0.325 e. The van der Waals surface area contributed by atoms with Gasteiger partial charge < -0.3 is 5.32 Å². The van der Waals surface area contributed by atoms with Gasteiger partial charge in [-0.15, -0.1) is 0 Å². The number of halogens is 2. The highest BCUT2D eigenvalue weighted by molar-refractivity contribution is 7.88. The lowest BCUT2D eigenvalue weighted by atomic mass is 10.1. The molecule has 0 aliphatic carbocycles. The molecular formula is C18H20Cl2N2O3S. The smallest absolute Gasteiger partial charge is 0.239 e. The van der Waals surface area contributed by atoms with Gasteiger partial charge in [-0.25, -0.2) is 8.42 Å². The number of hydrogen-bond donors (Lipinski definition) is 1. The molecule has 0 radical (unpaired) electrons. The van der Waals surface area contributed by atoms with Crippen molar-refractivity contribution in [1.82, 2.24) is 4.31 Å². The van der Waals surface area contributed by atoms with Crippen LogP contribution in [0.2, 0.25) is 10.0 Å². The number of aryl methyl sites for hydroxylation is 1. The second-order valence-electron chi connectivity index (χ2n) is 5.84. The van der Waals surface area contributed by atoms with Gasteiger partial charge in [0.15, 0.2) is 0 Å². The SMILES string of the molecule is CCc1ccccc1NC(=O)CN(Cc1ccc(Cl)c(Cl)c1)S(C)(=O)=O. The average molecular weight is 415 g/mol. The lowest BCUT2D eigenvalue weighted by molar-refractivity contribution is -0.116. The summed E-state index contributed by atoms with van der Waals surface area (Å²) in [7, 11) is -3.59. The zero-order chi connectivity index (χ0) is 19.3. The van der Waals surface area contributed by atoms with E-state index in [1.54, 1.807) is 24.3 Å². The second-order valence-corrected chi connectivity index (χ2v) is 8.64. The highest BCUT2D eigenvalue weighted by Gasteiger charge is 2.21. The van der Waals surface area contributed by atoms with Crippen molar-refractivity contribution in [1.29, 1.82) is 0 Å². The maximum absolute atomic E-state index is 12.4. The van der Waals surface area contributed by atoms with Crippen LogP contribution in [0.25, 0.3) is 0 Å². The molecule has 0 bridgehead atoms. The first-order chi connectivity index (χ1) is 12.2. The van der Waals surface area contributed by atoms with E-state index < -0.39 is 15.9 Å². The summed E-state index contributed by atoms with van der Waals surface area (Å²) < 4.78 is 25.3. The van der Waals surface area contributed by atoms with Crippen LogP contribution in [0.3, 0.4) is 0 Å². The first-order valence-corrected chi connectivity index (χ1v) is 10.6. The Hall–Kier alpha value is -1.60. The van der Waals surface area contributed by atoms with Crippen molar-refractivity contribution in [3.63, 3.8) is 0 Å². The minimum absolute atomic E-state index is 0.0264. The average Bonchev–Trinajstić information content (AvgIpc) is 2.57. The number of nitrogens with one attached hydrogen (secondary N) is 1. The third-order valence-corrected chi connectivity index (χ3v) is 5.74. The van der Waals surface area contributed by atoms with Crippen LogP contribution in [0.5, 0.6) is 0 Å². The molecular weight excluding hydrogens is 395 g/mol. The quantitative estimate of drug-likeness (QED) is 0.745. The van der Waals surface area contributed by atoms with Crippen molar-refractivity contribution in [2.24, 2.45) is 0 Å². The molecule has 2 aromatic carbocycles. The molecule has 8 heteroatoms. The van der Waals surface area contributed by atoms with Crippen molar-refractivity contribution in [3.8, 4) is 0 Å². The fourth-order valence-electron chi connectivity index (χ4n) is 2.43. The van der Waals surface area contributed by atoms with E-state index in [-0.39, 0.29) is 13.1 Å². The monoisotopic (exact) mass is 414 g/mol. The lowest BCUT2D eigenvalue weighted by Crippen LogP contribution is -2.37. The van der Waals surface area contributed by atoms with Gasteiger partial charge in [-0.05, 0) is 35.7 Å². The maximum atomic E-state index is 12.4. The van der Waals surface area contributed by atoms with Crippen molar-refractivity contribution >= 4 is 44.8 Å². The molecule has 1 amide bonds. The molecule has 0 aliphatic heterocycles. The van der Waals surface area contributed by atoms with E-state index in [0.717, 1.165) is 22.5 Å². The predicted molar refractivity (Wildman–Crippen MR) is 106 cm³/mol. The van der Waals surface area contributed by atoms with Gasteiger partial charge in [-0.2, -0.15) is 4.31 Å². The third-order valence-electron chi connectivity index (χ3n) is 3.80. The molecule has 1 N–H and O–H groups in total. The van der Waals surface area contributed by atoms with Crippen LogP contribution in [0.15, 0.2) is 42.5 Å². The molecule has 0 saturated heterocycles. The number of carbonyl (C=O) groups is 1. The molecule has 140 valence electrons. The summed E-state index contributed by atoms with van der Waals surface area (Å²) in [6.45, 7) is 1.72. The van der Waals surface area contributed by atoms with E-state index in [1.165, 1.54) is 0 Å². The zero-order valence-corrected chi connectivity index (χ0v) is 16.8. The van der Waals surface area contributed by atoms with Gasteiger partial charge in [0.25, 0.3) is 0 Å². The molecule has 5 nitrogen and oxygen atoms in total. The number of benzene rings is 2. The minimum atomic E-state index is -3.59. The molecule has 2 rings (SSSR count). The van der Waals surface area contributed by atoms with Gasteiger partial charge in [0.2, 0.25) is 15.9 Å². The summed E-state index contributed by atoms with van der Waals surface area (Å²) in [4.78, 5) is 12.4. The fraction of sp³-hybridized carbons (Fsp3) is 0.278. The van der Waals surface area contributed by atoms with Crippen molar-refractivity contribution in [3.05, 3.63) is 63.6 Å². The number of anilines is 1. The number of hydrogen-bond acceptors (Lipinski definition) is 3. The van der Waals surface area contributed by atoms with Gasteiger partial charge in [-0.3, -0.25) is 4.79 Å². The molecule has 0 spiro atoms. The second kappa shape index (κ2) is 8.86. The van der Waals surface area contributed by atoms with Crippen molar-refractivity contribution in [2.75, 3.05) is 18.1 Å². The van der Waals surface area contributed by atoms with E-state index in [0.29, 0.717) is 21.3 Å².